The number of carbonyl (C=O) groups excluding carboxylic acids is 1. The number of aryl methyl sites for hydroxylation is 1. The van der Waals surface area contributed by atoms with E-state index in [-0.39, 0.29) is 17.7 Å². The molecule has 15 heavy (non-hydrogen) atoms. The van der Waals surface area contributed by atoms with E-state index in [1.165, 1.54) is 0 Å². The molecule has 0 aliphatic heterocycles. The first-order valence-electron chi connectivity index (χ1n) is 5.42. The molecule has 0 aliphatic rings. The molecule has 0 saturated carbocycles. The number of Topliss-reactive ketones (excluding diaryl/α,β-unsaturated/α-hetero) is 1. The predicted octanol–water partition coefficient (Wildman–Crippen LogP) is 2.55. The van der Waals surface area contributed by atoms with Crippen LogP contribution < -0.4 is 5.73 Å². The second kappa shape index (κ2) is 5.08. The molecule has 82 valence electrons. The Labute approximate surface area is 91.5 Å². The molecule has 0 aromatic heterocycles. The van der Waals surface area contributed by atoms with Gasteiger partial charge in [0.25, 0.3) is 0 Å². The van der Waals surface area contributed by atoms with Crippen molar-refractivity contribution in [1.29, 1.82) is 0 Å². The lowest BCUT2D eigenvalue weighted by Crippen LogP contribution is -2.36. The summed E-state index contributed by atoms with van der Waals surface area (Å²) in [5.74, 6) is 0.281. The molecular formula is C13H19NO. The van der Waals surface area contributed by atoms with Gasteiger partial charge < -0.3 is 5.73 Å². The highest BCUT2D eigenvalue weighted by atomic mass is 16.1. The number of ketones is 1. The molecule has 2 N–H and O–H groups in total. The highest BCUT2D eigenvalue weighted by molar-refractivity contribution is 6.00. The van der Waals surface area contributed by atoms with E-state index >= 15 is 0 Å². The van der Waals surface area contributed by atoms with Crippen LogP contribution in [0.2, 0.25) is 0 Å². The van der Waals surface area contributed by atoms with Gasteiger partial charge in [-0.05, 0) is 12.8 Å². The minimum atomic E-state index is -0.377. The third kappa shape index (κ3) is 2.90. The van der Waals surface area contributed by atoms with Crippen molar-refractivity contribution in [2.45, 2.75) is 33.2 Å². The van der Waals surface area contributed by atoms with Crippen LogP contribution in [0.3, 0.4) is 0 Å². The first-order chi connectivity index (χ1) is 7.06. The van der Waals surface area contributed by atoms with Crippen LogP contribution in [0, 0.1) is 12.8 Å². The summed E-state index contributed by atoms with van der Waals surface area (Å²) in [6, 6.07) is 7.20. The van der Waals surface area contributed by atoms with Crippen LogP contribution in [0.1, 0.15) is 36.2 Å². The Balaban J connectivity index is 2.80. The molecule has 0 radical (unpaired) electrons. The number of hydrogen-bond acceptors (Lipinski definition) is 2. The summed E-state index contributed by atoms with van der Waals surface area (Å²) in [5.41, 5.74) is 7.76. The van der Waals surface area contributed by atoms with E-state index in [1.54, 1.807) is 0 Å². The van der Waals surface area contributed by atoms with Crippen LogP contribution in [-0.2, 0) is 0 Å². The van der Waals surface area contributed by atoms with Gasteiger partial charge >= 0.3 is 0 Å². The van der Waals surface area contributed by atoms with Gasteiger partial charge in [0.2, 0.25) is 0 Å². The summed E-state index contributed by atoms with van der Waals surface area (Å²) >= 11 is 0. The van der Waals surface area contributed by atoms with E-state index in [9.17, 15) is 4.79 Å². The van der Waals surface area contributed by atoms with E-state index in [0.717, 1.165) is 12.0 Å². The van der Waals surface area contributed by atoms with Gasteiger partial charge in [0.1, 0.15) is 0 Å². The Hall–Kier alpha value is -1.15. The molecule has 1 rings (SSSR count). The molecule has 1 unspecified atom stereocenters. The first kappa shape index (κ1) is 11.9. The Bertz CT molecular complexity index is 329. The van der Waals surface area contributed by atoms with Crippen LogP contribution in [0.25, 0.3) is 0 Å². The van der Waals surface area contributed by atoms with Crippen LogP contribution >= 0.6 is 0 Å². The van der Waals surface area contributed by atoms with E-state index in [1.807, 2.05) is 45.0 Å². The largest absolute Gasteiger partial charge is 0.321 e. The van der Waals surface area contributed by atoms with Crippen LogP contribution in [0.15, 0.2) is 24.3 Å². The molecule has 1 aromatic carbocycles. The highest BCUT2D eigenvalue weighted by Crippen LogP contribution is 2.12. The molecule has 0 heterocycles. The third-order valence-electron chi connectivity index (χ3n) is 2.90. The van der Waals surface area contributed by atoms with E-state index < -0.39 is 0 Å². The van der Waals surface area contributed by atoms with Crippen LogP contribution in [-0.4, -0.2) is 11.8 Å². The minimum absolute atomic E-state index is 0.0457. The molecule has 0 aliphatic carbocycles. The molecule has 0 spiro atoms. The second-order valence-corrected chi connectivity index (χ2v) is 4.14. The van der Waals surface area contributed by atoms with Gasteiger partial charge in [0, 0.05) is 5.56 Å². The van der Waals surface area contributed by atoms with E-state index in [2.05, 4.69) is 0 Å². The topological polar surface area (TPSA) is 43.1 Å². The molecule has 2 heteroatoms. The van der Waals surface area contributed by atoms with Crippen molar-refractivity contribution in [2.24, 2.45) is 11.7 Å². The second-order valence-electron chi connectivity index (χ2n) is 4.14. The fourth-order valence-electron chi connectivity index (χ4n) is 1.42. The summed E-state index contributed by atoms with van der Waals surface area (Å²) in [7, 11) is 0. The van der Waals surface area contributed by atoms with E-state index in [0.29, 0.717) is 5.56 Å². The van der Waals surface area contributed by atoms with Crippen molar-refractivity contribution < 1.29 is 4.79 Å². The van der Waals surface area contributed by atoms with Crippen LogP contribution in [0.5, 0.6) is 0 Å². The summed E-state index contributed by atoms with van der Waals surface area (Å²) < 4.78 is 0. The van der Waals surface area contributed by atoms with Crippen molar-refractivity contribution in [3.63, 3.8) is 0 Å². The predicted molar refractivity (Wildman–Crippen MR) is 62.9 cm³/mol. The standard InChI is InChI=1S/C13H19NO/c1-4-10(3)12(14)13(15)11-7-5-9(2)6-8-11/h5-8,10,12H,4,14H2,1-3H3/t10?,12-/m0/s1. The molecule has 1 aromatic rings. The zero-order chi connectivity index (χ0) is 11.4. The van der Waals surface area contributed by atoms with Crippen molar-refractivity contribution >= 4 is 5.78 Å². The minimum Gasteiger partial charge on any atom is -0.321 e. The molecule has 2 nitrogen and oxygen atoms in total. The average Bonchev–Trinajstić information content (AvgIpc) is 2.27. The SMILES string of the molecule is CCC(C)[C@H](N)C(=O)c1ccc(C)cc1. The van der Waals surface area contributed by atoms with Gasteiger partial charge in [-0.25, -0.2) is 0 Å². The lowest BCUT2D eigenvalue weighted by atomic mass is 9.92. The Kier molecular flexibility index (Phi) is 4.04. The summed E-state index contributed by atoms with van der Waals surface area (Å²) in [6.45, 7) is 6.06. The maximum absolute atomic E-state index is 11.9. The molecule has 0 amide bonds. The highest BCUT2D eigenvalue weighted by Gasteiger charge is 2.20. The van der Waals surface area contributed by atoms with Gasteiger partial charge in [-0.3, -0.25) is 4.79 Å². The molecule has 2 atom stereocenters. The maximum atomic E-state index is 11.9. The van der Waals surface area contributed by atoms with Crippen molar-refractivity contribution in [3.8, 4) is 0 Å². The Morgan fingerprint density at radius 1 is 1.33 bits per heavy atom. The van der Waals surface area contributed by atoms with Gasteiger partial charge in [0.05, 0.1) is 6.04 Å². The quantitative estimate of drug-likeness (QED) is 0.768. The van der Waals surface area contributed by atoms with E-state index in [4.69, 9.17) is 5.73 Å². The Morgan fingerprint density at radius 2 is 1.87 bits per heavy atom. The zero-order valence-electron chi connectivity index (χ0n) is 9.66. The van der Waals surface area contributed by atoms with Gasteiger partial charge in [-0.15, -0.1) is 0 Å². The molecular weight excluding hydrogens is 186 g/mol. The van der Waals surface area contributed by atoms with Crippen molar-refractivity contribution in [3.05, 3.63) is 35.4 Å². The zero-order valence-corrected chi connectivity index (χ0v) is 9.66. The number of rotatable bonds is 4. The smallest absolute Gasteiger partial charge is 0.179 e. The average molecular weight is 205 g/mol. The summed E-state index contributed by atoms with van der Waals surface area (Å²) in [6.07, 6.45) is 0.929. The van der Waals surface area contributed by atoms with Crippen LogP contribution in [0.4, 0.5) is 0 Å². The fourth-order valence-corrected chi connectivity index (χ4v) is 1.42. The molecule has 0 saturated heterocycles. The Morgan fingerprint density at radius 3 is 2.33 bits per heavy atom. The number of hydrogen-bond donors (Lipinski definition) is 1. The number of carbonyl (C=O) groups is 1. The number of benzene rings is 1. The fraction of sp³-hybridized carbons (Fsp3) is 0.462. The summed E-state index contributed by atoms with van der Waals surface area (Å²) in [4.78, 5) is 11.9. The van der Waals surface area contributed by atoms with Gasteiger partial charge in [-0.1, -0.05) is 50.1 Å². The summed E-state index contributed by atoms with van der Waals surface area (Å²) in [5, 5.41) is 0. The number of nitrogens with two attached hydrogens (primary N) is 1. The molecule has 0 fully saturated rings. The lowest BCUT2D eigenvalue weighted by molar-refractivity contribution is 0.0935. The van der Waals surface area contributed by atoms with Gasteiger partial charge in [-0.2, -0.15) is 0 Å². The van der Waals surface area contributed by atoms with Crippen molar-refractivity contribution in [1.82, 2.24) is 0 Å². The van der Waals surface area contributed by atoms with Gasteiger partial charge in [0.15, 0.2) is 5.78 Å². The van der Waals surface area contributed by atoms with Crippen molar-refractivity contribution in [2.75, 3.05) is 0 Å². The molecule has 0 bridgehead atoms. The maximum Gasteiger partial charge on any atom is 0.179 e. The third-order valence-corrected chi connectivity index (χ3v) is 2.90. The lowest BCUT2D eigenvalue weighted by Gasteiger charge is -2.16. The first-order valence-corrected chi connectivity index (χ1v) is 5.42. The monoisotopic (exact) mass is 205 g/mol. The normalized spacial score (nSPS) is 14.7.